The number of methoxy groups -OCH3 is 1. The van der Waals surface area contributed by atoms with Crippen LogP contribution < -0.4 is 4.74 Å². The van der Waals surface area contributed by atoms with E-state index in [0.29, 0.717) is 5.69 Å². The second-order valence-corrected chi connectivity index (χ2v) is 3.36. The zero-order valence-electron chi connectivity index (χ0n) is 7.58. The van der Waals surface area contributed by atoms with Crippen molar-refractivity contribution in [2.75, 3.05) is 13.0 Å². The van der Waals surface area contributed by atoms with Gasteiger partial charge in [0.15, 0.2) is 16.6 Å². The molecule has 0 aromatic heterocycles. The second kappa shape index (κ2) is 5.33. The van der Waals surface area contributed by atoms with Crippen LogP contribution in [0.1, 0.15) is 0 Å². The Morgan fingerprint density at radius 1 is 1.29 bits per heavy atom. The fourth-order valence-corrected chi connectivity index (χ4v) is 0.980. The van der Waals surface area contributed by atoms with Crippen molar-refractivity contribution >= 4 is 16.4 Å². The van der Waals surface area contributed by atoms with E-state index in [9.17, 15) is 8.42 Å². The molecule has 1 rings (SSSR count). The number of ether oxygens (including phenoxy) is 1. The third kappa shape index (κ3) is 3.53. The monoisotopic (exact) mass is 214 g/mol. The summed E-state index contributed by atoms with van der Waals surface area (Å²) >= 11 is 0. The van der Waals surface area contributed by atoms with E-state index in [0.717, 1.165) is 5.75 Å². The number of azo groups is 1. The van der Waals surface area contributed by atoms with E-state index in [1.807, 2.05) is 0 Å². The Balaban J connectivity index is 2.63. The molecule has 0 aliphatic carbocycles. The van der Waals surface area contributed by atoms with E-state index < -0.39 is 10.7 Å². The molecule has 0 saturated carbocycles. The fourth-order valence-electron chi connectivity index (χ4n) is 0.814. The molecule has 0 unspecified atom stereocenters. The molecule has 0 amide bonds. The van der Waals surface area contributed by atoms with Crippen LogP contribution in [0.15, 0.2) is 34.5 Å². The van der Waals surface area contributed by atoms with Crippen molar-refractivity contribution in [3.8, 4) is 5.75 Å². The van der Waals surface area contributed by atoms with Gasteiger partial charge in [0.25, 0.3) is 0 Å². The number of nitrogens with zero attached hydrogens (tertiary/aromatic N) is 2. The number of hydrogen-bond donors (Lipinski definition) is 1. The van der Waals surface area contributed by atoms with E-state index in [-0.39, 0.29) is 5.88 Å². The van der Waals surface area contributed by atoms with E-state index in [4.69, 9.17) is 4.74 Å². The van der Waals surface area contributed by atoms with Crippen molar-refractivity contribution in [2.45, 2.75) is 0 Å². The predicted molar refractivity (Wildman–Crippen MR) is 52.7 cm³/mol. The topological polar surface area (TPSA) is 68.1 Å². The lowest BCUT2D eigenvalue weighted by Gasteiger charge is -1.97. The summed E-state index contributed by atoms with van der Waals surface area (Å²) in [6.07, 6.45) is 0. The van der Waals surface area contributed by atoms with Crippen molar-refractivity contribution in [1.82, 2.24) is 0 Å². The molecule has 5 nitrogen and oxygen atoms in total. The molecule has 0 radical (unpaired) electrons. The Morgan fingerprint density at radius 3 is 2.43 bits per heavy atom. The Bertz CT molecular complexity index is 376. The quantitative estimate of drug-likeness (QED) is 0.607. The Kier molecular flexibility index (Phi) is 4.06. The van der Waals surface area contributed by atoms with Gasteiger partial charge in [0.1, 0.15) is 5.75 Å². The van der Waals surface area contributed by atoms with Crippen molar-refractivity contribution < 1.29 is 13.2 Å². The van der Waals surface area contributed by atoms with Crippen LogP contribution in [0.25, 0.3) is 0 Å². The molecule has 0 heterocycles. The van der Waals surface area contributed by atoms with Gasteiger partial charge in [-0.2, -0.15) is 10.2 Å². The van der Waals surface area contributed by atoms with Crippen molar-refractivity contribution in [1.29, 1.82) is 0 Å². The van der Waals surface area contributed by atoms with Crippen molar-refractivity contribution in [2.24, 2.45) is 10.2 Å². The van der Waals surface area contributed by atoms with Crippen LogP contribution in [-0.4, -0.2) is 21.4 Å². The predicted octanol–water partition coefficient (Wildman–Crippen LogP) is 1.35. The van der Waals surface area contributed by atoms with Gasteiger partial charge in [0, 0.05) is 0 Å². The van der Waals surface area contributed by atoms with Gasteiger partial charge in [-0.25, -0.2) is 8.42 Å². The summed E-state index contributed by atoms with van der Waals surface area (Å²) in [6, 6.07) is 6.84. The molecule has 0 bridgehead atoms. The number of benzene rings is 1. The van der Waals surface area contributed by atoms with Gasteiger partial charge >= 0.3 is 0 Å². The van der Waals surface area contributed by atoms with E-state index >= 15 is 0 Å². The first-order valence-corrected chi connectivity index (χ1v) is 5.22. The molecular formula is C8H10N2O3S. The first kappa shape index (κ1) is 10.6. The maximum absolute atomic E-state index is 10.2. The normalized spacial score (nSPS) is 11.0. The van der Waals surface area contributed by atoms with Crippen LogP contribution in [0, 0.1) is 0 Å². The third-order valence-corrected chi connectivity index (χ3v) is 1.79. The number of rotatable bonds is 4. The van der Waals surface area contributed by atoms with E-state index in [2.05, 4.69) is 10.2 Å². The molecule has 76 valence electrons. The molecule has 14 heavy (non-hydrogen) atoms. The summed E-state index contributed by atoms with van der Waals surface area (Å²) < 4.78 is 25.2. The standard InChI is InChI=1S/C8H10N2O3S/c1-13-8-4-2-7(3-5-8)10-9-6-14(11)12/h2-5,14H,6H2,1H3. The van der Waals surface area contributed by atoms with Gasteiger partial charge in [-0.3, -0.25) is 0 Å². The van der Waals surface area contributed by atoms with Gasteiger partial charge in [-0.1, -0.05) is 0 Å². The Morgan fingerprint density at radius 2 is 1.93 bits per heavy atom. The summed E-state index contributed by atoms with van der Waals surface area (Å²) in [5, 5.41) is 7.19. The highest BCUT2D eigenvalue weighted by Gasteiger charge is 1.91. The molecule has 0 atom stereocenters. The molecule has 0 aliphatic rings. The minimum Gasteiger partial charge on any atom is -0.497 e. The lowest BCUT2D eigenvalue weighted by molar-refractivity contribution is 0.415. The van der Waals surface area contributed by atoms with E-state index in [1.165, 1.54) is 0 Å². The molecule has 1 aromatic carbocycles. The van der Waals surface area contributed by atoms with Gasteiger partial charge in [0.2, 0.25) is 0 Å². The van der Waals surface area contributed by atoms with Crippen LogP contribution in [0.2, 0.25) is 0 Å². The van der Waals surface area contributed by atoms with Crippen LogP contribution in [0.3, 0.4) is 0 Å². The summed E-state index contributed by atoms with van der Waals surface area (Å²) in [7, 11) is -0.923. The summed E-state index contributed by atoms with van der Waals surface area (Å²) in [5.41, 5.74) is 0.600. The fraction of sp³-hybridized carbons (Fsp3) is 0.250. The average molecular weight is 214 g/mol. The zero-order valence-corrected chi connectivity index (χ0v) is 8.48. The van der Waals surface area contributed by atoms with Crippen molar-refractivity contribution in [3.63, 3.8) is 0 Å². The highest BCUT2D eigenvalue weighted by Crippen LogP contribution is 2.17. The first-order valence-electron chi connectivity index (χ1n) is 3.85. The molecule has 0 aliphatic heterocycles. The maximum Gasteiger partial charge on any atom is 0.162 e. The van der Waals surface area contributed by atoms with Crippen LogP contribution in [0.5, 0.6) is 5.75 Å². The van der Waals surface area contributed by atoms with Crippen LogP contribution >= 0.6 is 0 Å². The maximum atomic E-state index is 10.2. The first-order chi connectivity index (χ1) is 6.72. The minimum absolute atomic E-state index is 0.276. The van der Waals surface area contributed by atoms with Gasteiger partial charge in [0.05, 0.1) is 12.8 Å². The minimum atomic E-state index is -2.49. The molecular weight excluding hydrogens is 204 g/mol. The van der Waals surface area contributed by atoms with Crippen molar-refractivity contribution in [3.05, 3.63) is 24.3 Å². The number of hydrogen-bond acceptors (Lipinski definition) is 5. The Hall–Kier alpha value is -1.43. The van der Waals surface area contributed by atoms with Crippen LogP contribution in [0.4, 0.5) is 5.69 Å². The lowest BCUT2D eigenvalue weighted by atomic mass is 10.3. The summed E-state index contributed by atoms with van der Waals surface area (Å²) in [4.78, 5) is 0. The molecule has 0 saturated heterocycles. The van der Waals surface area contributed by atoms with Crippen LogP contribution in [-0.2, 0) is 10.7 Å². The highest BCUT2D eigenvalue weighted by atomic mass is 32.2. The summed E-state index contributed by atoms with van der Waals surface area (Å²) in [6.45, 7) is 0. The van der Waals surface area contributed by atoms with Gasteiger partial charge in [-0.05, 0) is 24.3 Å². The Labute approximate surface area is 83.4 Å². The largest absolute Gasteiger partial charge is 0.497 e. The third-order valence-electron chi connectivity index (χ3n) is 1.44. The average Bonchev–Trinajstić information content (AvgIpc) is 2.18. The van der Waals surface area contributed by atoms with E-state index in [1.54, 1.807) is 31.4 Å². The molecule has 0 fully saturated rings. The molecule has 0 spiro atoms. The molecule has 0 N–H and O–H groups in total. The second-order valence-electron chi connectivity index (χ2n) is 2.41. The SMILES string of the molecule is COc1ccc(N=NC[SH](=O)=O)cc1. The summed E-state index contributed by atoms with van der Waals surface area (Å²) in [5.74, 6) is 0.445. The smallest absolute Gasteiger partial charge is 0.162 e. The highest BCUT2D eigenvalue weighted by molar-refractivity contribution is 7.72. The molecule has 1 aromatic rings. The number of thiol groups is 1. The van der Waals surface area contributed by atoms with Gasteiger partial charge < -0.3 is 4.74 Å². The zero-order chi connectivity index (χ0) is 10.4. The molecule has 6 heteroatoms. The van der Waals surface area contributed by atoms with Gasteiger partial charge in [-0.15, -0.1) is 0 Å². The lowest BCUT2D eigenvalue weighted by Crippen LogP contribution is -1.80.